The second-order valence-corrected chi connectivity index (χ2v) is 7.05. The fourth-order valence-electron chi connectivity index (χ4n) is 3.74. The van der Waals surface area contributed by atoms with Gasteiger partial charge in [0.15, 0.2) is 0 Å². The Kier molecular flexibility index (Phi) is 6.50. The number of hydrogen-bond acceptors (Lipinski definition) is 5. The van der Waals surface area contributed by atoms with Crippen LogP contribution >= 0.6 is 0 Å². The van der Waals surface area contributed by atoms with Gasteiger partial charge >= 0.3 is 0 Å². The monoisotopic (exact) mass is 367 g/mol. The summed E-state index contributed by atoms with van der Waals surface area (Å²) >= 11 is 0. The molecule has 0 aromatic carbocycles. The summed E-state index contributed by atoms with van der Waals surface area (Å²) in [6.45, 7) is 9.16. The molecule has 144 valence electrons. The highest BCUT2D eigenvalue weighted by atomic mass is 16.2. The molecule has 1 aliphatic rings. The number of amides is 1. The molecule has 0 N–H and O–H groups in total. The number of carbonyl (C=O) groups is 1. The highest BCUT2D eigenvalue weighted by Crippen LogP contribution is 2.30. The summed E-state index contributed by atoms with van der Waals surface area (Å²) in [6.07, 6.45) is 8.85. The van der Waals surface area contributed by atoms with Crippen molar-refractivity contribution in [1.29, 1.82) is 0 Å². The van der Waals surface area contributed by atoms with Crippen LogP contribution in [0.4, 0.5) is 0 Å². The van der Waals surface area contributed by atoms with Crippen molar-refractivity contribution in [2.45, 2.75) is 52.6 Å². The van der Waals surface area contributed by atoms with Crippen LogP contribution in [0.3, 0.4) is 0 Å². The Bertz CT molecular complexity index is 760. The van der Waals surface area contributed by atoms with Crippen LogP contribution < -0.4 is 0 Å². The maximum Gasteiger partial charge on any atom is 0.257 e. The van der Waals surface area contributed by atoms with Gasteiger partial charge in [0.25, 0.3) is 5.91 Å². The zero-order valence-corrected chi connectivity index (χ0v) is 16.6. The number of nitrogens with zero attached hydrogens (tertiary/aromatic N) is 5. The largest absolute Gasteiger partial charge is 0.339 e. The van der Waals surface area contributed by atoms with Crippen LogP contribution in [0, 0.1) is 6.92 Å². The van der Waals surface area contributed by atoms with Gasteiger partial charge in [-0.05, 0) is 51.8 Å². The molecule has 0 spiro atoms. The van der Waals surface area contributed by atoms with E-state index in [9.17, 15) is 4.79 Å². The Balaban J connectivity index is 1.81. The summed E-state index contributed by atoms with van der Waals surface area (Å²) in [4.78, 5) is 30.5. The van der Waals surface area contributed by atoms with Crippen molar-refractivity contribution in [2.75, 3.05) is 19.6 Å². The highest BCUT2D eigenvalue weighted by Gasteiger charge is 2.27. The molecule has 27 heavy (non-hydrogen) atoms. The molecule has 6 nitrogen and oxygen atoms in total. The van der Waals surface area contributed by atoms with Crippen molar-refractivity contribution < 1.29 is 4.79 Å². The van der Waals surface area contributed by atoms with Crippen LogP contribution in [-0.2, 0) is 6.54 Å². The number of aromatic nitrogens is 3. The molecule has 0 radical (unpaired) electrons. The third-order valence-electron chi connectivity index (χ3n) is 5.30. The van der Waals surface area contributed by atoms with E-state index >= 15 is 0 Å². The molecule has 3 heterocycles. The lowest BCUT2D eigenvalue weighted by atomic mass is 10.0. The predicted octanol–water partition coefficient (Wildman–Crippen LogP) is 3.39. The zero-order valence-electron chi connectivity index (χ0n) is 16.6. The Morgan fingerprint density at radius 2 is 2.07 bits per heavy atom. The second-order valence-electron chi connectivity index (χ2n) is 7.05. The van der Waals surface area contributed by atoms with Crippen LogP contribution in [0.1, 0.15) is 66.6 Å². The van der Waals surface area contributed by atoms with Gasteiger partial charge in [0, 0.05) is 38.2 Å². The van der Waals surface area contributed by atoms with Crippen molar-refractivity contribution in [3.63, 3.8) is 0 Å². The Hall–Kier alpha value is -2.34. The highest BCUT2D eigenvalue weighted by molar-refractivity contribution is 5.94. The normalized spacial score (nSPS) is 17.7. The first-order valence-electron chi connectivity index (χ1n) is 9.89. The van der Waals surface area contributed by atoms with Gasteiger partial charge in [-0.15, -0.1) is 0 Å². The van der Waals surface area contributed by atoms with Crippen molar-refractivity contribution >= 4 is 5.91 Å². The molecule has 6 heteroatoms. The molecule has 1 saturated heterocycles. The smallest absolute Gasteiger partial charge is 0.257 e. The van der Waals surface area contributed by atoms with Crippen LogP contribution in [0.2, 0.25) is 0 Å². The molecule has 1 amide bonds. The van der Waals surface area contributed by atoms with E-state index < -0.39 is 0 Å². The molecule has 0 saturated carbocycles. The number of pyridine rings is 1. The number of hydrogen-bond donors (Lipinski definition) is 0. The van der Waals surface area contributed by atoms with Crippen molar-refractivity contribution in [2.24, 2.45) is 0 Å². The van der Waals surface area contributed by atoms with Crippen LogP contribution in [0.5, 0.6) is 0 Å². The fourth-order valence-corrected chi connectivity index (χ4v) is 3.74. The average molecular weight is 367 g/mol. The first-order valence-corrected chi connectivity index (χ1v) is 9.89. The quantitative estimate of drug-likeness (QED) is 0.783. The summed E-state index contributed by atoms with van der Waals surface area (Å²) in [5.41, 5.74) is 2.58. The molecule has 2 aromatic heterocycles. The topological polar surface area (TPSA) is 62.2 Å². The minimum absolute atomic E-state index is 0.0138. The minimum atomic E-state index is 0.0138. The number of aryl methyl sites for hydroxylation is 1. The molecule has 2 aromatic rings. The van der Waals surface area contributed by atoms with Gasteiger partial charge in [0.1, 0.15) is 5.82 Å². The van der Waals surface area contributed by atoms with E-state index in [4.69, 9.17) is 4.98 Å². The predicted molar refractivity (Wildman–Crippen MR) is 105 cm³/mol. The lowest BCUT2D eigenvalue weighted by molar-refractivity contribution is 0.0770. The van der Waals surface area contributed by atoms with Gasteiger partial charge in [-0.2, -0.15) is 0 Å². The van der Waals surface area contributed by atoms with Gasteiger partial charge < -0.3 is 4.90 Å². The maximum atomic E-state index is 12.6. The summed E-state index contributed by atoms with van der Waals surface area (Å²) < 4.78 is 0. The number of likely N-dealkylation sites (tertiary alicyclic amines) is 1. The Morgan fingerprint density at radius 1 is 1.26 bits per heavy atom. The number of carbonyl (C=O) groups excluding carboxylic acids is 1. The van der Waals surface area contributed by atoms with E-state index in [1.54, 1.807) is 17.3 Å². The van der Waals surface area contributed by atoms with Gasteiger partial charge in [0.2, 0.25) is 0 Å². The van der Waals surface area contributed by atoms with E-state index in [0.717, 1.165) is 31.0 Å². The minimum Gasteiger partial charge on any atom is -0.339 e. The molecule has 1 fully saturated rings. The summed E-state index contributed by atoms with van der Waals surface area (Å²) in [6, 6.07) is 4.27. The van der Waals surface area contributed by atoms with Gasteiger partial charge in [-0.3, -0.25) is 14.7 Å². The molecule has 0 bridgehead atoms. The van der Waals surface area contributed by atoms with E-state index in [-0.39, 0.29) is 11.9 Å². The fraction of sp³-hybridized carbons (Fsp3) is 0.524. The second kappa shape index (κ2) is 9.04. The molecule has 1 aliphatic heterocycles. The Morgan fingerprint density at radius 3 is 2.74 bits per heavy atom. The maximum absolute atomic E-state index is 12.6. The summed E-state index contributed by atoms with van der Waals surface area (Å²) in [5, 5.41) is 0. The molecule has 1 atom stereocenters. The lowest BCUT2D eigenvalue weighted by Gasteiger charge is -2.34. The van der Waals surface area contributed by atoms with Gasteiger partial charge in [-0.1, -0.05) is 12.5 Å². The van der Waals surface area contributed by atoms with E-state index in [1.807, 2.05) is 33.0 Å². The SMILES string of the molecule is CCN(CC)C(=O)c1cnc(C2CCCCN2Cc2cccnc2)nc1C. The third kappa shape index (κ3) is 4.50. The molecular weight excluding hydrogens is 338 g/mol. The van der Waals surface area contributed by atoms with Crippen molar-refractivity contribution in [3.8, 4) is 0 Å². The number of rotatable bonds is 6. The average Bonchev–Trinajstić information content (AvgIpc) is 2.70. The van der Waals surface area contributed by atoms with E-state index in [1.165, 1.54) is 18.4 Å². The molecule has 1 unspecified atom stereocenters. The summed E-state index contributed by atoms with van der Waals surface area (Å²) in [7, 11) is 0. The van der Waals surface area contributed by atoms with E-state index in [2.05, 4.69) is 20.9 Å². The van der Waals surface area contributed by atoms with Gasteiger partial charge in [-0.25, -0.2) is 9.97 Å². The summed E-state index contributed by atoms with van der Waals surface area (Å²) in [5.74, 6) is 0.840. The molecular formula is C21H29N5O. The van der Waals surface area contributed by atoms with Gasteiger partial charge in [0.05, 0.1) is 17.3 Å². The Labute approximate surface area is 161 Å². The molecule has 0 aliphatic carbocycles. The first-order chi connectivity index (χ1) is 13.1. The van der Waals surface area contributed by atoms with Crippen LogP contribution in [0.15, 0.2) is 30.7 Å². The number of piperidine rings is 1. The van der Waals surface area contributed by atoms with Crippen molar-refractivity contribution in [3.05, 3.63) is 53.4 Å². The molecule has 3 rings (SSSR count). The van der Waals surface area contributed by atoms with Crippen molar-refractivity contribution in [1.82, 2.24) is 24.8 Å². The van der Waals surface area contributed by atoms with E-state index in [0.29, 0.717) is 18.7 Å². The third-order valence-corrected chi connectivity index (χ3v) is 5.30. The first kappa shape index (κ1) is 19.4. The lowest BCUT2D eigenvalue weighted by Crippen LogP contribution is -2.35. The standard InChI is InChI=1S/C21H29N5O/c1-4-25(5-2)21(27)18-14-23-20(24-16(18)3)19-10-6-7-12-26(19)15-17-9-8-11-22-13-17/h8-9,11,13-14,19H,4-7,10,12,15H2,1-3H3. The zero-order chi connectivity index (χ0) is 19.2. The van der Waals surface area contributed by atoms with Crippen LogP contribution in [-0.4, -0.2) is 50.3 Å². The van der Waals surface area contributed by atoms with Crippen LogP contribution in [0.25, 0.3) is 0 Å².